The quantitative estimate of drug-likeness (QED) is 0.617. The van der Waals surface area contributed by atoms with E-state index in [0.717, 1.165) is 0 Å². The summed E-state index contributed by atoms with van der Waals surface area (Å²) >= 11 is 0. The first-order chi connectivity index (χ1) is 4.21. The lowest BCUT2D eigenvalue weighted by atomic mass is 9.94. The summed E-state index contributed by atoms with van der Waals surface area (Å²) in [6, 6.07) is 0. The summed E-state index contributed by atoms with van der Waals surface area (Å²) in [7, 11) is -4.01. The van der Waals surface area contributed by atoms with Crippen LogP contribution in [0.2, 0.25) is 0 Å². The van der Waals surface area contributed by atoms with E-state index >= 15 is 0 Å². The van der Waals surface area contributed by atoms with Crippen LogP contribution < -0.4 is 0 Å². The van der Waals surface area contributed by atoms with Crippen LogP contribution in [0.1, 0.15) is 27.2 Å². The van der Waals surface area contributed by atoms with Crippen molar-refractivity contribution in [2.75, 3.05) is 5.75 Å². The maximum absolute atomic E-state index is 10.1. The highest BCUT2D eigenvalue weighted by atomic mass is 32.2. The molecule has 61 valence electrons. The first-order valence-electron chi connectivity index (χ1n) is 3.14. The lowest BCUT2D eigenvalue weighted by molar-refractivity contribution is 0.372. The van der Waals surface area contributed by atoms with Crippen LogP contribution in [0, 0.1) is 5.41 Å². The van der Waals surface area contributed by atoms with Crippen molar-refractivity contribution >= 4 is 10.1 Å². The lowest BCUT2D eigenvalue weighted by Crippen LogP contribution is -2.12. The number of hydrogen-bond donors (Lipinski definition) is 0. The summed E-state index contributed by atoms with van der Waals surface area (Å²) < 4.78 is 30.4. The van der Waals surface area contributed by atoms with Gasteiger partial charge in [-0.25, -0.2) is 0 Å². The van der Waals surface area contributed by atoms with Crippen LogP contribution in [0.3, 0.4) is 0 Å². The molecular formula is C6H13O3S. The fraction of sp³-hybridized carbons (Fsp3) is 1.00. The van der Waals surface area contributed by atoms with Gasteiger partial charge in [-0.2, -0.15) is 8.42 Å². The maximum atomic E-state index is 10.1. The topological polar surface area (TPSA) is 54.0 Å². The Morgan fingerprint density at radius 2 is 1.60 bits per heavy atom. The molecule has 0 aromatic rings. The van der Waals surface area contributed by atoms with Crippen molar-refractivity contribution in [2.45, 2.75) is 27.2 Å². The van der Waals surface area contributed by atoms with Crippen molar-refractivity contribution < 1.29 is 13.0 Å². The monoisotopic (exact) mass is 165 g/mol. The van der Waals surface area contributed by atoms with Gasteiger partial charge in [-0.3, -0.25) is 0 Å². The van der Waals surface area contributed by atoms with Gasteiger partial charge in [0.05, 0.1) is 5.75 Å². The number of hydrogen-bond acceptors (Lipinski definition) is 2. The molecule has 0 atom stereocenters. The van der Waals surface area contributed by atoms with Gasteiger partial charge >= 0.3 is 0 Å². The molecule has 10 heavy (non-hydrogen) atoms. The molecule has 0 spiro atoms. The van der Waals surface area contributed by atoms with Gasteiger partial charge < -0.3 is 0 Å². The van der Waals surface area contributed by atoms with E-state index in [4.69, 9.17) is 0 Å². The Morgan fingerprint density at radius 3 is 1.70 bits per heavy atom. The SMILES string of the molecule is CC(C)(C)CCS([O])(=O)=O. The molecule has 0 aliphatic heterocycles. The third-order valence-electron chi connectivity index (χ3n) is 1.10. The summed E-state index contributed by atoms with van der Waals surface area (Å²) in [5.41, 5.74) is -0.0719. The zero-order valence-corrected chi connectivity index (χ0v) is 7.36. The second kappa shape index (κ2) is 2.88. The lowest BCUT2D eigenvalue weighted by Gasteiger charge is -2.15. The molecule has 0 bridgehead atoms. The minimum Gasteiger partial charge on any atom is -0.197 e. The van der Waals surface area contributed by atoms with E-state index in [-0.39, 0.29) is 11.2 Å². The van der Waals surface area contributed by atoms with Crippen molar-refractivity contribution in [2.24, 2.45) is 5.41 Å². The smallest absolute Gasteiger partial charge is 0.197 e. The molecule has 0 aromatic carbocycles. The average Bonchev–Trinajstić information content (AvgIpc) is 1.57. The molecule has 3 nitrogen and oxygen atoms in total. The fourth-order valence-corrected chi connectivity index (χ4v) is 1.29. The molecule has 0 rings (SSSR count). The van der Waals surface area contributed by atoms with Crippen LogP contribution >= 0.6 is 0 Å². The predicted octanol–water partition coefficient (Wildman–Crippen LogP) is 1.18. The Kier molecular flexibility index (Phi) is 2.86. The van der Waals surface area contributed by atoms with Crippen molar-refractivity contribution in [1.82, 2.24) is 0 Å². The van der Waals surface area contributed by atoms with Gasteiger partial charge in [0.2, 0.25) is 0 Å². The standard InChI is InChI=1S/C6H13O3S/c1-6(2,3)4-5-10(7,8)9/h4-5H2,1-3H3. The van der Waals surface area contributed by atoms with Crippen LogP contribution in [0.5, 0.6) is 0 Å². The van der Waals surface area contributed by atoms with Gasteiger partial charge in [-0.15, -0.1) is 0 Å². The zero-order chi connectivity index (χ0) is 8.41. The van der Waals surface area contributed by atoms with Gasteiger partial charge in [-0.1, -0.05) is 25.3 Å². The minimum absolute atomic E-state index is 0.0719. The molecule has 0 fully saturated rings. The summed E-state index contributed by atoms with van der Waals surface area (Å²) in [5.74, 6) is -0.253. The normalized spacial score (nSPS) is 13.6. The van der Waals surface area contributed by atoms with Crippen LogP contribution in [-0.2, 0) is 14.7 Å². The van der Waals surface area contributed by atoms with E-state index in [2.05, 4.69) is 0 Å². The van der Waals surface area contributed by atoms with Crippen LogP contribution in [-0.4, -0.2) is 14.2 Å². The van der Waals surface area contributed by atoms with E-state index in [0.29, 0.717) is 6.42 Å². The molecule has 0 unspecified atom stereocenters. The molecule has 0 N–H and O–H groups in total. The Bertz CT molecular complexity index is 186. The number of rotatable bonds is 2. The van der Waals surface area contributed by atoms with Gasteiger partial charge in [0.25, 0.3) is 10.1 Å². The third kappa shape index (κ3) is 7.91. The average molecular weight is 165 g/mol. The second-order valence-corrected chi connectivity index (χ2v) is 5.10. The van der Waals surface area contributed by atoms with Gasteiger partial charge in [-0.05, 0) is 11.8 Å². The zero-order valence-electron chi connectivity index (χ0n) is 6.55. The van der Waals surface area contributed by atoms with Crippen molar-refractivity contribution in [3.63, 3.8) is 0 Å². The van der Waals surface area contributed by atoms with E-state index < -0.39 is 10.1 Å². The molecule has 0 aliphatic carbocycles. The summed E-state index contributed by atoms with van der Waals surface area (Å²) in [4.78, 5) is 0. The van der Waals surface area contributed by atoms with Gasteiger partial charge in [0.1, 0.15) is 0 Å². The molecule has 4 heteroatoms. The van der Waals surface area contributed by atoms with Crippen molar-refractivity contribution in [3.05, 3.63) is 0 Å². The van der Waals surface area contributed by atoms with Crippen LogP contribution in [0.4, 0.5) is 0 Å². The predicted molar refractivity (Wildman–Crippen MR) is 38.5 cm³/mol. The van der Waals surface area contributed by atoms with Crippen LogP contribution in [0.15, 0.2) is 0 Å². The second-order valence-electron chi connectivity index (χ2n) is 3.57. The fourth-order valence-electron chi connectivity index (χ4n) is 0.431. The Hall–Kier alpha value is -0.0900. The Morgan fingerprint density at radius 1 is 1.20 bits per heavy atom. The van der Waals surface area contributed by atoms with E-state index in [1.54, 1.807) is 0 Å². The largest absolute Gasteiger partial charge is 0.294 e. The Balaban J connectivity index is 3.79. The van der Waals surface area contributed by atoms with E-state index in [1.807, 2.05) is 20.8 Å². The van der Waals surface area contributed by atoms with Crippen LogP contribution in [0.25, 0.3) is 0 Å². The van der Waals surface area contributed by atoms with Gasteiger partial charge in [0, 0.05) is 0 Å². The molecule has 0 saturated heterocycles. The van der Waals surface area contributed by atoms with E-state index in [1.165, 1.54) is 0 Å². The highest BCUT2D eigenvalue weighted by Gasteiger charge is 2.15. The molecule has 0 aliphatic rings. The van der Waals surface area contributed by atoms with E-state index in [9.17, 15) is 13.0 Å². The highest BCUT2D eigenvalue weighted by Crippen LogP contribution is 2.18. The highest BCUT2D eigenvalue weighted by molar-refractivity contribution is 7.85. The first-order valence-corrected chi connectivity index (χ1v) is 4.72. The maximum Gasteiger partial charge on any atom is 0.294 e. The molecule has 0 aromatic heterocycles. The molecule has 0 heterocycles. The first kappa shape index (κ1) is 9.91. The van der Waals surface area contributed by atoms with Crippen molar-refractivity contribution in [1.29, 1.82) is 0 Å². The Labute approximate surface area is 62.2 Å². The third-order valence-corrected chi connectivity index (χ3v) is 1.81. The molecule has 0 amide bonds. The molecule has 1 radical (unpaired) electrons. The molecule has 0 saturated carbocycles. The summed E-state index contributed by atoms with van der Waals surface area (Å²) in [6.45, 7) is 5.70. The minimum atomic E-state index is -4.01. The summed E-state index contributed by atoms with van der Waals surface area (Å²) in [5, 5.41) is 0. The van der Waals surface area contributed by atoms with Crippen molar-refractivity contribution in [3.8, 4) is 0 Å². The molecular weight excluding hydrogens is 152 g/mol. The summed E-state index contributed by atoms with van der Waals surface area (Å²) in [6.07, 6.45) is 0.429. The van der Waals surface area contributed by atoms with Gasteiger partial charge in [0.15, 0.2) is 0 Å².